The molecule has 368 valence electrons. The van der Waals surface area contributed by atoms with Gasteiger partial charge in [-0.25, -0.2) is 4.79 Å². The van der Waals surface area contributed by atoms with Gasteiger partial charge in [0.2, 0.25) is 0 Å². The van der Waals surface area contributed by atoms with Gasteiger partial charge in [-0.05, 0) is 45.8 Å². The van der Waals surface area contributed by atoms with Crippen molar-refractivity contribution < 1.29 is 19.1 Å². The van der Waals surface area contributed by atoms with Gasteiger partial charge in [0, 0.05) is 136 Å². The monoisotopic (exact) mass is 885 g/mol. The van der Waals surface area contributed by atoms with Crippen LogP contribution in [-0.4, -0.2) is 202 Å². The fourth-order valence-corrected chi connectivity index (χ4v) is 7.21. The first kappa shape index (κ1) is 60.2. The molecule has 0 fully saturated rings. The summed E-state index contributed by atoms with van der Waals surface area (Å²) in [7, 11) is 0. The molecule has 0 aliphatic carbocycles. The fourth-order valence-electron chi connectivity index (χ4n) is 7.21. The molecule has 0 rings (SSSR count). The van der Waals surface area contributed by atoms with Crippen LogP contribution >= 0.6 is 0 Å². The number of nitrogens with zero attached hydrogens (tertiary/aromatic N) is 4. The van der Waals surface area contributed by atoms with Gasteiger partial charge in [-0.3, -0.25) is 19.5 Å². The first-order valence-corrected chi connectivity index (χ1v) is 24.8. The highest BCUT2D eigenvalue weighted by atomic mass is 16.6. The summed E-state index contributed by atoms with van der Waals surface area (Å²) in [6.45, 7) is 28.0. The lowest BCUT2D eigenvalue weighted by atomic mass is 10.1. The number of ether oxygens (including phenoxy) is 2. The molecule has 0 aromatic carbocycles. The van der Waals surface area contributed by atoms with Crippen LogP contribution in [0.25, 0.3) is 0 Å². The molecule has 0 amide bonds. The van der Waals surface area contributed by atoms with Gasteiger partial charge in [-0.15, -0.1) is 0 Å². The Balaban J connectivity index is 4.63. The van der Waals surface area contributed by atoms with Crippen molar-refractivity contribution in [3.8, 4) is 0 Å². The van der Waals surface area contributed by atoms with Crippen LogP contribution in [0.4, 0.5) is 0 Å². The molecule has 0 aromatic heterocycles. The Bertz CT molecular complexity index is 996. The third-order valence-electron chi connectivity index (χ3n) is 11.0. The Morgan fingerprint density at radius 1 is 0.435 bits per heavy atom. The second-order valence-corrected chi connectivity index (χ2v) is 16.7. The predicted octanol–water partition coefficient (Wildman–Crippen LogP) is 1.53. The van der Waals surface area contributed by atoms with Gasteiger partial charge in [-0.2, -0.15) is 0 Å². The Morgan fingerprint density at radius 3 is 1.29 bits per heavy atom. The summed E-state index contributed by atoms with van der Waals surface area (Å²) in [6, 6.07) is 0. The average Bonchev–Trinajstić information content (AvgIpc) is 3.26. The first-order chi connectivity index (χ1) is 30.3. The molecule has 0 heterocycles. The van der Waals surface area contributed by atoms with Gasteiger partial charge in [-0.1, -0.05) is 84.1 Å². The molecular formula is C46H100N12O4. The van der Waals surface area contributed by atoms with E-state index < -0.39 is 5.97 Å². The van der Waals surface area contributed by atoms with Gasteiger partial charge in [0.05, 0.1) is 6.54 Å². The largest absolute Gasteiger partial charge is 0.461 e. The highest BCUT2D eigenvalue weighted by molar-refractivity contribution is 5.86. The topological polar surface area (TPSA) is 218 Å². The normalized spacial score (nSPS) is 11.8. The Labute approximate surface area is 380 Å². The molecule has 0 radical (unpaired) electrons. The molecule has 12 N–H and O–H groups in total. The van der Waals surface area contributed by atoms with Gasteiger partial charge < -0.3 is 58.6 Å². The van der Waals surface area contributed by atoms with Crippen molar-refractivity contribution >= 4 is 11.9 Å². The van der Waals surface area contributed by atoms with Crippen molar-refractivity contribution in [2.45, 2.75) is 104 Å². The van der Waals surface area contributed by atoms with Crippen molar-refractivity contribution in [2.24, 2.45) is 22.9 Å². The Morgan fingerprint density at radius 2 is 0.823 bits per heavy atom. The summed E-state index contributed by atoms with van der Waals surface area (Å²) in [4.78, 5) is 33.3. The molecule has 16 nitrogen and oxygen atoms in total. The molecule has 16 heteroatoms. The van der Waals surface area contributed by atoms with Gasteiger partial charge >= 0.3 is 11.9 Å². The maximum Gasteiger partial charge on any atom is 0.333 e. The van der Waals surface area contributed by atoms with Crippen LogP contribution in [0.15, 0.2) is 12.2 Å². The van der Waals surface area contributed by atoms with Crippen LogP contribution in [0.2, 0.25) is 0 Å². The number of rotatable bonds is 50. The van der Waals surface area contributed by atoms with E-state index in [0.717, 1.165) is 124 Å². The number of carbonyl (C=O) groups excluding carboxylic acids is 2. The number of hydrogen-bond donors (Lipinski definition) is 8. The molecule has 0 saturated heterocycles. The summed E-state index contributed by atoms with van der Waals surface area (Å²) >= 11 is 0. The highest BCUT2D eigenvalue weighted by Crippen LogP contribution is 2.11. The molecule has 0 aliphatic rings. The van der Waals surface area contributed by atoms with Crippen molar-refractivity contribution in [3.63, 3.8) is 0 Å². The van der Waals surface area contributed by atoms with Crippen LogP contribution < -0.4 is 44.2 Å². The summed E-state index contributed by atoms with van der Waals surface area (Å²) in [5.41, 5.74) is 23.8. The number of nitrogens with two attached hydrogens (primary N) is 4. The van der Waals surface area contributed by atoms with Crippen molar-refractivity contribution in [1.29, 1.82) is 0 Å². The molecule has 0 aliphatic heterocycles. The van der Waals surface area contributed by atoms with Gasteiger partial charge in [0.15, 0.2) is 0 Å². The van der Waals surface area contributed by atoms with Crippen LogP contribution in [0.1, 0.15) is 104 Å². The molecule has 62 heavy (non-hydrogen) atoms. The standard InChI is InChI=1S/C46H100N12O4/c1-4-5-6-7-8-9-10-11-12-13-15-22-51-26-34-58(35-27-53-24-18-47)40-38-55(37-39-56(30-19-48)31-20-49)29-17-14-16-23-52-25-33-57(32-21-50)36-28-54-43-45(59)61-41-42-62-46(60)44(2)3/h51-54H,2,4-43,47-50H2,1,3H3. The van der Waals surface area contributed by atoms with E-state index in [1.165, 1.54) is 83.5 Å². The van der Waals surface area contributed by atoms with Crippen LogP contribution in [0, 0.1) is 0 Å². The lowest BCUT2D eigenvalue weighted by Gasteiger charge is -2.30. The predicted molar refractivity (Wildman–Crippen MR) is 261 cm³/mol. The molecule has 0 atom stereocenters. The first-order valence-electron chi connectivity index (χ1n) is 24.8. The van der Waals surface area contributed by atoms with Crippen molar-refractivity contribution in [2.75, 3.05) is 170 Å². The van der Waals surface area contributed by atoms with E-state index >= 15 is 0 Å². The minimum absolute atomic E-state index is 0.0167. The molecule has 0 unspecified atom stereocenters. The smallest absolute Gasteiger partial charge is 0.333 e. The number of esters is 2. The zero-order valence-corrected chi connectivity index (χ0v) is 40.2. The Hall–Kier alpha value is -1.80. The van der Waals surface area contributed by atoms with Crippen LogP contribution in [0.3, 0.4) is 0 Å². The second-order valence-electron chi connectivity index (χ2n) is 16.7. The third-order valence-corrected chi connectivity index (χ3v) is 11.0. The Kier molecular flexibility index (Phi) is 45.8. The van der Waals surface area contributed by atoms with E-state index in [2.05, 4.69) is 54.4 Å². The molecule has 0 bridgehead atoms. The van der Waals surface area contributed by atoms with Crippen molar-refractivity contribution in [3.05, 3.63) is 12.2 Å². The van der Waals surface area contributed by atoms with E-state index in [1.807, 2.05) is 0 Å². The molecular weight excluding hydrogens is 785 g/mol. The third kappa shape index (κ3) is 40.9. The van der Waals surface area contributed by atoms with Gasteiger partial charge in [0.25, 0.3) is 0 Å². The zero-order chi connectivity index (χ0) is 45.6. The minimum Gasteiger partial charge on any atom is -0.461 e. The van der Waals surface area contributed by atoms with Crippen molar-refractivity contribution in [1.82, 2.24) is 40.9 Å². The maximum atomic E-state index is 12.0. The molecule has 0 saturated carbocycles. The molecule has 0 spiro atoms. The lowest BCUT2D eigenvalue weighted by Crippen LogP contribution is -2.44. The van der Waals surface area contributed by atoms with Gasteiger partial charge in [0.1, 0.15) is 13.2 Å². The second kappa shape index (κ2) is 47.2. The number of unbranched alkanes of at least 4 members (excludes halogenated alkanes) is 12. The maximum absolute atomic E-state index is 12.0. The number of nitrogens with one attached hydrogen (secondary N) is 4. The van der Waals surface area contributed by atoms with E-state index in [9.17, 15) is 9.59 Å². The number of hydrogen-bond acceptors (Lipinski definition) is 16. The fraction of sp³-hybridized carbons (Fsp3) is 0.913. The quantitative estimate of drug-likeness (QED) is 0.0247. The number of carbonyl (C=O) groups is 2. The SMILES string of the molecule is C=C(C)C(=O)OCCOC(=O)CNCCN(CCN)CCNCCCCCN(CCN(CCN)CCN)CCN(CCNCCN)CCNCCCCCCCCCCCCC. The average molecular weight is 885 g/mol. The summed E-state index contributed by atoms with van der Waals surface area (Å²) in [6.07, 6.45) is 18.6. The van der Waals surface area contributed by atoms with E-state index in [4.69, 9.17) is 32.4 Å². The molecule has 0 aromatic rings. The summed E-state index contributed by atoms with van der Waals surface area (Å²) in [5, 5.41) is 14.0. The van der Waals surface area contributed by atoms with E-state index in [-0.39, 0.29) is 25.7 Å². The summed E-state index contributed by atoms with van der Waals surface area (Å²) < 4.78 is 10.0. The zero-order valence-electron chi connectivity index (χ0n) is 40.2. The van der Waals surface area contributed by atoms with Crippen LogP contribution in [-0.2, 0) is 19.1 Å². The van der Waals surface area contributed by atoms with E-state index in [0.29, 0.717) is 38.3 Å². The summed E-state index contributed by atoms with van der Waals surface area (Å²) in [5.74, 6) is -0.871. The minimum atomic E-state index is -0.489. The highest BCUT2D eigenvalue weighted by Gasteiger charge is 2.13. The lowest BCUT2D eigenvalue weighted by molar-refractivity contribution is -0.149. The van der Waals surface area contributed by atoms with Crippen LogP contribution in [0.5, 0.6) is 0 Å². The van der Waals surface area contributed by atoms with E-state index in [1.54, 1.807) is 6.92 Å².